The molecule has 2 rings (SSSR count). The second kappa shape index (κ2) is 5.90. The molecule has 0 fully saturated rings. The van der Waals surface area contributed by atoms with E-state index in [1.165, 1.54) is 4.57 Å². The summed E-state index contributed by atoms with van der Waals surface area (Å²) in [6.45, 7) is 7.11. The topological polar surface area (TPSA) is 68.9 Å². The van der Waals surface area contributed by atoms with E-state index >= 15 is 0 Å². The number of rotatable bonds is 5. The van der Waals surface area contributed by atoms with Gasteiger partial charge in [-0.15, -0.1) is 0 Å². The second-order valence-corrected chi connectivity index (χ2v) is 4.76. The van der Waals surface area contributed by atoms with Crippen molar-refractivity contribution in [3.8, 4) is 0 Å². The molecule has 0 aliphatic rings. The van der Waals surface area contributed by atoms with Gasteiger partial charge < -0.3 is 9.88 Å². The highest BCUT2D eigenvalue weighted by molar-refractivity contribution is 5.81. The molecule has 0 saturated carbocycles. The average molecular weight is 276 g/mol. The molecule has 0 radical (unpaired) electrons. The van der Waals surface area contributed by atoms with Crippen molar-refractivity contribution in [1.29, 1.82) is 0 Å². The van der Waals surface area contributed by atoms with Gasteiger partial charge in [0.1, 0.15) is 12.1 Å². The zero-order chi connectivity index (χ0) is 14.7. The quantitative estimate of drug-likeness (QED) is 0.887. The molecule has 0 aromatic carbocycles. The summed E-state index contributed by atoms with van der Waals surface area (Å²) in [6.07, 6.45) is 2.53. The fourth-order valence-electron chi connectivity index (χ4n) is 2.22. The van der Waals surface area contributed by atoms with Crippen molar-refractivity contribution < 1.29 is 4.79 Å². The fraction of sp³-hybridized carbons (Fsp3) is 0.500. The molecule has 2 aromatic rings. The Hall–Kier alpha value is -2.11. The first-order valence-electron chi connectivity index (χ1n) is 6.91. The zero-order valence-electron chi connectivity index (χ0n) is 12.1. The minimum Gasteiger partial charge on any atom is -0.355 e. The van der Waals surface area contributed by atoms with Gasteiger partial charge in [-0.25, -0.2) is 0 Å². The fourth-order valence-corrected chi connectivity index (χ4v) is 2.22. The number of hydrogen-bond acceptors (Lipinski definition) is 3. The number of nitrogens with zero attached hydrogens (tertiary/aromatic N) is 3. The molecule has 0 atom stereocenters. The Morgan fingerprint density at radius 3 is 2.80 bits per heavy atom. The third-order valence-electron chi connectivity index (χ3n) is 3.24. The standard InChI is InChI=1S/C14H20N4O2/c1-4-7-15-12(19)9-17-8-6-11-10(3)16-18(5-2)13(11)14(17)20/h6,8H,4-5,7,9H2,1-3H3,(H,15,19). The van der Waals surface area contributed by atoms with Crippen molar-refractivity contribution in [1.82, 2.24) is 19.7 Å². The SMILES string of the molecule is CCCNC(=O)Cn1ccc2c(C)nn(CC)c2c1=O. The van der Waals surface area contributed by atoms with E-state index in [1.807, 2.05) is 26.8 Å². The van der Waals surface area contributed by atoms with E-state index in [1.54, 1.807) is 10.9 Å². The number of hydrogen-bond donors (Lipinski definition) is 1. The number of pyridine rings is 1. The number of carbonyl (C=O) groups is 1. The third kappa shape index (κ3) is 2.59. The van der Waals surface area contributed by atoms with Gasteiger partial charge >= 0.3 is 0 Å². The van der Waals surface area contributed by atoms with Crippen LogP contribution in [0.1, 0.15) is 26.0 Å². The summed E-state index contributed by atoms with van der Waals surface area (Å²) in [7, 11) is 0. The Bertz CT molecular complexity index is 684. The molecule has 2 aromatic heterocycles. The van der Waals surface area contributed by atoms with E-state index in [2.05, 4.69) is 10.4 Å². The van der Waals surface area contributed by atoms with Crippen molar-refractivity contribution >= 4 is 16.8 Å². The number of carbonyl (C=O) groups excluding carboxylic acids is 1. The van der Waals surface area contributed by atoms with Gasteiger partial charge in [0.15, 0.2) is 0 Å². The van der Waals surface area contributed by atoms with E-state index < -0.39 is 0 Å². The highest BCUT2D eigenvalue weighted by atomic mass is 16.2. The van der Waals surface area contributed by atoms with Crippen molar-refractivity contribution in [3.05, 3.63) is 28.3 Å². The molecule has 6 nitrogen and oxygen atoms in total. The molecule has 20 heavy (non-hydrogen) atoms. The normalized spacial score (nSPS) is 10.9. The molecule has 1 amide bonds. The Balaban J connectivity index is 2.39. The second-order valence-electron chi connectivity index (χ2n) is 4.76. The van der Waals surface area contributed by atoms with E-state index in [0.717, 1.165) is 17.5 Å². The minimum atomic E-state index is -0.170. The van der Waals surface area contributed by atoms with Crippen LogP contribution in [0, 0.1) is 6.92 Å². The van der Waals surface area contributed by atoms with Crippen molar-refractivity contribution in [2.75, 3.05) is 6.54 Å². The lowest BCUT2D eigenvalue weighted by atomic mass is 10.2. The van der Waals surface area contributed by atoms with Gasteiger partial charge in [-0.05, 0) is 26.3 Å². The van der Waals surface area contributed by atoms with Gasteiger partial charge in [0.25, 0.3) is 5.56 Å². The van der Waals surface area contributed by atoms with Gasteiger partial charge in [-0.2, -0.15) is 5.10 Å². The molecule has 2 heterocycles. The summed E-state index contributed by atoms with van der Waals surface area (Å²) >= 11 is 0. The van der Waals surface area contributed by atoms with Crippen molar-refractivity contribution in [2.45, 2.75) is 40.3 Å². The molecular weight excluding hydrogens is 256 g/mol. The molecule has 108 valence electrons. The van der Waals surface area contributed by atoms with Crippen LogP contribution < -0.4 is 10.9 Å². The zero-order valence-corrected chi connectivity index (χ0v) is 12.1. The third-order valence-corrected chi connectivity index (χ3v) is 3.24. The van der Waals surface area contributed by atoms with Crippen LogP contribution in [-0.4, -0.2) is 26.8 Å². The van der Waals surface area contributed by atoms with E-state index in [4.69, 9.17) is 0 Å². The lowest BCUT2D eigenvalue weighted by Crippen LogP contribution is -2.32. The highest BCUT2D eigenvalue weighted by Gasteiger charge is 2.13. The molecule has 1 N–H and O–H groups in total. The molecular formula is C14H20N4O2. The summed E-state index contributed by atoms with van der Waals surface area (Å²) in [5.74, 6) is -0.146. The monoisotopic (exact) mass is 276 g/mol. The van der Waals surface area contributed by atoms with Gasteiger partial charge in [-0.3, -0.25) is 14.3 Å². The molecule has 6 heteroatoms. The first kappa shape index (κ1) is 14.3. The van der Waals surface area contributed by atoms with Crippen LogP contribution in [-0.2, 0) is 17.9 Å². The van der Waals surface area contributed by atoms with Crippen LogP contribution in [0.4, 0.5) is 0 Å². The molecule has 0 spiro atoms. The van der Waals surface area contributed by atoms with Gasteiger partial charge in [0.2, 0.25) is 5.91 Å². The average Bonchev–Trinajstić information content (AvgIpc) is 2.77. The summed E-state index contributed by atoms with van der Waals surface area (Å²) in [5, 5.41) is 7.96. The van der Waals surface area contributed by atoms with E-state index in [0.29, 0.717) is 18.6 Å². The predicted molar refractivity (Wildman–Crippen MR) is 77.7 cm³/mol. The summed E-state index contributed by atoms with van der Waals surface area (Å²) < 4.78 is 3.12. The molecule has 0 unspecified atom stereocenters. The van der Waals surface area contributed by atoms with Gasteiger partial charge in [0.05, 0.1) is 5.69 Å². The Morgan fingerprint density at radius 1 is 1.40 bits per heavy atom. The van der Waals surface area contributed by atoms with Crippen molar-refractivity contribution in [2.24, 2.45) is 0 Å². The van der Waals surface area contributed by atoms with Gasteiger partial charge in [-0.1, -0.05) is 6.92 Å². The maximum absolute atomic E-state index is 12.5. The lowest BCUT2D eigenvalue weighted by Gasteiger charge is -2.07. The molecule has 0 saturated heterocycles. The minimum absolute atomic E-state index is 0.0444. The van der Waals surface area contributed by atoms with Crippen LogP contribution in [0.3, 0.4) is 0 Å². The largest absolute Gasteiger partial charge is 0.355 e. The maximum Gasteiger partial charge on any atom is 0.277 e. The first-order chi connectivity index (χ1) is 9.58. The number of fused-ring (bicyclic) bond motifs is 1. The van der Waals surface area contributed by atoms with Crippen LogP contribution in [0.5, 0.6) is 0 Å². The maximum atomic E-state index is 12.5. The highest BCUT2D eigenvalue weighted by Crippen LogP contribution is 2.13. The number of amides is 1. The van der Waals surface area contributed by atoms with Crippen LogP contribution in [0.15, 0.2) is 17.1 Å². The Labute approximate surface area is 117 Å². The predicted octanol–water partition coefficient (Wildman–Crippen LogP) is 1.05. The smallest absolute Gasteiger partial charge is 0.277 e. The van der Waals surface area contributed by atoms with Gasteiger partial charge in [0, 0.05) is 24.7 Å². The van der Waals surface area contributed by atoms with Crippen molar-refractivity contribution in [3.63, 3.8) is 0 Å². The summed E-state index contributed by atoms with van der Waals surface area (Å²) in [6, 6.07) is 1.85. The lowest BCUT2D eigenvalue weighted by molar-refractivity contribution is -0.121. The Kier molecular flexibility index (Phi) is 4.22. The summed E-state index contributed by atoms with van der Waals surface area (Å²) in [5.41, 5.74) is 1.23. The molecule has 0 aliphatic heterocycles. The van der Waals surface area contributed by atoms with Crippen LogP contribution in [0.25, 0.3) is 10.9 Å². The number of nitrogens with one attached hydrogen (secondary N) is 1. The first-order valence-corrected chi connectivity index (χ1v) is 6.91. The number of aromatic nitrogens is 3. The van der Waals surface area contributed by atoms with E-state index in [9.17, 15) is 9.59 Å². The van der Waals surface area contributed by atoms with E-state index in [-0.39, 0.29) is 18.0 Å². The molecule has 0 aliphatic carbocycles. The molecule has 0 bridgehead atoms. The summed E-state index contributed by atoms with van der Waals surface area (Å²) in [4.78, 5) is 24.2. The Morgan fingerprint density at radius 2 is 2.15 bits per heavy atom. The number of aryl methyl sites for hydroxylation is 2. The van der Waals surface area contributed by atoms with Crippen LogP contribution in [0.2, 0.25) is 0 Å². The van der Waals surface area contributed by atoms with Crippen LogP contribution >= 0.6 is 0 Å².